The zero-order valence-corrected chi connectivity index (χ0v) is 21.3. The second-order valence-electron chi connectivity index (χ2n) is 9.57. The summed E-state index contributed by atoms with van der Waals surface area (Å²) in [5, 5.41) is 7.38. The number of carbonyl (C=O) groups excluding carboxylic acids is 2. The van der Waals surface area contributed by atoms with Crippen LogP contribution in [-0.4, -0.2) is 42.8 Å². The highest BCUT2D eigenvalue weighted by Crippen LogP contribution is 2.48. The summed E-state index contributed by atoms with van der Waals surface area (Å²) >= 11 is 8.18. The molecule has 1 aromatic carbocycles. The van der Waals surface area contributed by atoms with Crippen LogP contribution in [0.1, 0.15) is 35.4 Å². The van der Waals surface area contributed by atoms with Crippen molar-refractivity contribution in [3.63, 3.8) is 0 Å². The molecule has 4 aromatic rings. The molecule has 8 nitrogen and oxygen atoms in total. The molecular formula is C27H21ClN6O2S. The molecule has 3 aromatic heterocycles. The summed E-state index contributed by atoms with van der Waals surface area (Å²) < 4.78 is 1.75. The van der Waals surface area contributed by atoms with Gasteiger partial charge in [-0.25, -0.2) is 19.2 Å². The minimum absolute atomic E-state index is 0.256. The van der Waals surface area contributed by atoms with Gasteiger partial charge in [-0.3, -0.25) is 9.78 Å². The number of aryl methyl sites for hydroxylation is 1. The fraction of sp³-hybridized carbons (Fsp3) is 0.222. The molecule has 1 N–H and O–H groups in total. The summed E-state index contributed by atoms with van der Waals surface area (Å²) in [6.07, 6.45) is 11.0. The van der Waals surface area contributed by atoms with Gasteiger partial charge in [-0.15, -0.1) is 11.8 Å². The molecule has 1 saturated heterocycles. The van der Waals surface area contributed by atoms with E-state index in [2.05, 4.69) is 26.4 Å². The molecule has 2 fully saturated rings. The van der Waals surface area contributed by atoms with Crippen LogP contribution >= 0.6 is 23.4 Å². The third-order valence-corrected chi connectivity index (χ3v) is 8.71. The van der Waals surface area contributed by atoms with Gasteiger partial charge in [-0.2, -0.15) is 5.10 Å². The van der Waals surface area contributed by atoms with Crippen LogP contribution in [0.25, 0.3) is 21.7 Å². The Labute approximate surface area is 221 Å². The first-order chi connectivity index (χ1) is 18.0. The van der Waals surface area contributed by atoms with Gasteiger partial charge in [-0.1, -0.05) is 23.7 Å². The van der Waals surface area contributed by atoms with Crippen LogP contribution in [0.4, 0.5) is 10.5 Å². The molecule has 37 heavy (non-hydrogen) atoms. The molecule has 7 rings (SSSR count). The Morgan fingerprint density at radius 2 is 2.03 bits per heavy atom. The number of halogens is 1. The smallest absolute Gasteiger partial charge is 0.329 e. The number of thioether (sulfide) groups is 1. The normalized spacial score (nSPS) is 21.2. The molecule has 2 atom stereocenters. The number of aromatic nitrogens is 4. The molecular weight excluding hydrogens is 508 g/mol. The van der Waals surface area contributed by atoms with Gasteiger partial charge < -0.3 is 5.32 Å². The van der Waals surface area contributed by atoms with E-state index in [0.717, 1.165) is 51.2 Å². The molecule has 3 aliphatic rings. The van der Waals surface area contributed by atoms with Crippen LogP contribution < -0.4 is 10.2 Å². The van der Waals surface area contributed by atoms with E-state index in [4.69, 9.17) is 11.6 Å². The quantitative estimate of drug-likeness (QED) is 0.391. The molecule has 5 heterocycles. The Morgan fingerprint density at radius 3 is 2.86 bits per heavy atom. The average Bonchev–Trinajstić information content (AvgIpc) is 3.47. The van der Waals surface area contributed by atoms with Crippen LogP contribution in [0, 0.1) is 6.92 Å². The summed E-state index contributed by atoms with van der Waals surface area (Å²) in [4.78, 5) is 37.4. The highest BCUT2D eigenvalue weighted by molar-refractivity contribution is 8.09. The van der Waals surface area contributed by atoms with Crippen molar-refractivity contribution < 1.29 is 9.59 Å². The lowest BCUT2D eigenvalue weighted by atomic mass is 9.98. The topological polar surface area (TPSA) is 92.5 Å². The predicted molar refractivity (Wildman–Crippen MR) is 144 cm³/mol. The van der Waals surface area contributed by atoms with Gasteiger partial charge in [0.1, 0.15) is 11.6 Å². The number of rotatable bonds is 4. The first-order valence-electron chi connectivity index (χ1n) is 12.0. The Hall–Kier alpha value is -3.69. The van der Waals surface area contributed by atoms with Gasteiger partial charge in [0, 0.05) is 33.4 Å². The van der Waals surface area contributed by atoms with Crippen molar-refractivity contribution in [1.29, 1.82) is 0 Å². The first-order valence-corrected chi connectivity index (χ1v) is 13.3. The number of benzene rings is 1. The lowest BCUT2D eigenvalue weighted by Crippen LogP contribution is -2.60. The Bertz CT molecular complexity index is 1650. The third kappa shape index (κ3) is 3.72. The van der Waals surface area contributed by atoms with Gasteiger partial charge in [0.2, 0.25) is 0 Å². The summed E-state index contributed by atoms with van der Waals surface area (Å²) in [5.74, 6) is 0.213. The van der Waals surface area contributed by atoms with Crippen molar-refractivity contribution in [1.82, 2.24) is 24.9 Å². The number of hydrogen-bond acceptors (Lipinski definition) is 6. The van der Waals surface area contributed by atoms with Gasteiger partial charge in [0.25, 0.3) is 5.91 Å². The largest absolute Gasteiger partial charge is 0.329 e. The second-order valence-corrected chi connectivity index (χ2v) is 11.2. The molecule has 10 heteroatoms. The predicted octanol–water partition coefficient (Wildman–Crippen LogP) is 5.21. The standard InChI is InChI=1S/C27H21ClN6O2S/c1-14-7-17(12-33-25(14)30-13-31-33)19-3-2-4-20(28)23(19)22-9-21-24(37-22)26(35)34(27(36)32-21)18-8-16(10-29-11-18)15-5-6-15/h2-4,7-13,15,21,24H,5-6H2,1H3,(H,32,36). The first kappa shape index (κ1) is 22.5. The van der Waals surface area contributed by atoms with Crippen LogP contribution in [0.15, 0.2) is 61.3 Å². The lowest BCUT2D eigenvalue weighted by Gasteiger charge is -2.33. The maximum atomic E-state index is 13.6. The van der Waals surface area contributed by atoms with Crippen molar-refractivity contribution in [2.24, 2.45) is 0 Å². The molecule has 0 bridgehead atoms. The summed E-state index contributed by atoms with van der Waals surface area (Å²) in [5.41, 5.74) is 6.04. The zero-order valence-electron chi connectivity index (χ0n) is 19.8. The maximum Gasteiger partial charge on any atom is 0.329 e. The number of amides is 3. The molecule has 0 spiro atoms. The number of anilines is 1. The van der Waals surface area contributed by atoms with Crippen molar-refractivity contribution in [3.05, 3.63) is 83.0 Å². The number of nitrogens with zero attached hydrogens (tertiary/aromatic N) is 5. The Kier molecular flexibility index (Phi) is 5.12. The van der Waals surface area contributed by atoms with E-state index in [9.17, 15) is 9.59 Å². The number of urea groups is 1. The van der Waals surface area contributed by atoms with Crippen LogP contribution in [0.5, 0.6) is 0 Å². The van der Waals surface area contributed by atoms with Crippen LogP contribution in [-0.2, 0) is 4.79 Å². The highest BCUT2D eigenvalue weighted by atomic mass is 35.5. The van der Waals surface area contributed by atoms with Crippen molar-refractivity contribution in [2.45, 2.75) is 37.0 Å². The fourth-order valence-corrected chi connectivity index (χ4v) is 6.77. The monoisotopic (exact) mass is 528 g/mol. The molecule has 1 saturated carbocycles. The number of nitrogens with one attached hydrogen (secondary N) is 1. The Balaban J connectivity index is 1.24. The van der Waals surface area contributed by atoms with Crippen molar-refractivity contribution in [2.75, 3.05) is 4.90 Å². The molecule has 0 radical (unpaired) electrons. The molecule has 2 unspecified atom stereocenters. The van der Waals surface area contributed by atoms with E-state index in [1.165, 1.54) is 23.0 Å². The van der Waals surface area contributed by atoms with E-state index in [-0.39, 0.29) is 5.91 Å². The second kappa shape index (κ2) is 8.43. The molecule has 184 valence electrons. The lowest BCUT2D eigenvalue weighted by molar-refractivity contribution is -0.118. The number of imide groups is 1. The van der Waals surface area contributed by atoms with Crippen LogP contribution in [0.3, 0.4) is 0 Å². The number of carbonyl (C=O) groups is 2. The molecule has 1 aliphatic carbocycles. The minimum Gasteiger partial charge on any atom is -0.329 e. The van der Waals surface area contributed by atoms with Gasteiger partial charge in [-0.05, 0) is 66.6 Å². The summed E-state index contributed by atoms with van der Waals surface area (Å²) in [7, 11) is 0. The molecule has 2 aliphatic heterocycles. The minimum atomic E-state index is -0.499. The maximum absolute atomic E-state index is 13.6. The van der Waals surface area contributed by atoms with Gasteiger partial charge >= 0.3 is 6.03 Å². The Morgan fingerprint density at radius 1 is 1.16 bits per heavy atom. The van der Waals surface area contributed by atoms with E-state index in [1.807, 2.05) is 49.7 Å². The van der Waals surface area contributed by atoms with Gasteiger partial charge in [0.05, 0.1) is 17.9 Å². The number of fused-ring (bicyclic) bond motifs is 2. The summed E-state index contributed by atoms with van der Waals surface area (Å²) in [6, 6.07) is 8.84. The SMILES string of the molecule is Cc1cc(-c2cccc(Cl)c2C2=CC3NC(=O)N(c4cncc(C5CC5)c4)C(=O)C3S2)cn2ncnc12. The van der Waals surface area contributed by atoms with Crippen molar-refractivity contribution in [3.8, 4) is 11.1 Å². The summed E-state index contributed by atoms with van der Waals surface area (Å²) in [6.45, 7) is 1.99. The fourth-order valence-electron chi connectivity index (χ4n) is 5.11. The van der Waals surface area contributed by atoms with E-state index >= 15 is 0 Å². The van der Waals surface area contributed by atoms with Crippen molar-refractivity contribution >= 4 is 51.5 Å². The molecule has 3 amide bonds. The van der Waals surface area contributed by atoms with E-state index < -0.39 is 17.3 Å². The zero-order chi connectivity index (χ0) is 25.3. The number of pyridine rings is 2. The number of hydrogen-bond donors (Lipinski definition) is 1. The average molecular weight is 529 g/mol. The van der Waals surface area contributed by atoms with Crippen LogP contribution in [0.2, 0.25) is 5.02 Å². The van der Waals surface area contributed by atoms with Gasteiger partial charge in [0.15, 0.2) is 5.65 Å². The van der Waals surface area contributed by atoms with E-state index in [0.29, 0.717) is 16.6 Å². The van der Waals surface area contributed by atoms with E-state index in [1.54, 1.807) is 10.7 Å². The third-order valence-electron chi connectivity index (χ3n) is 7.05. The highest BCUT2D eigenvalue weighted by Gasteiger charge is 2.46.